The minimum Gasteiger partial charge on any atom is -0.465 e. The Morgan fingerprint density at radius 1 is 1.24 bits per heavy atom. The van der Waals surface area contributed by atoms with E-state index >= 15 is 0 Å². The Labute approximate surface area is 143 Å². The number of anilines is 1. The Bertz CT molecular complexity index is 751. The van der Waals surface area contributed by atoms with Crippen molar-refractivity contribution in [1.29, 1.82) is 0 Å². The number of hydrogen-bond donors (Lipinski definition) is 1. The number of halogens is 2. The molecule has 0 unspecified atom stereocenters. The minimum atomic E-state index is -2.66. The molecule has 0 saturated carbocycles. The van der Waals surface area contributed by atoms with Crippen molar-refractivity contribution in [3.8, 4) is 0 Å². The van der Waals surface area contributed by atoms with Crippen LogP contribution in [0, 0.1) is 0 Å². The lowest BCUT2D eigenvalue weighted by Gasteiger charge is -2.18. The number of ether oxygens (including phenoxy) is 1. The van der Waals surface area contributed by atoms with Crippen LogP contribution in [0.2, 0.25) is 0 Å². The van der Waals surface area contributed by atoms with Crippen LogP contribution >= 0.6 is 0 Å². The van der Waals surface area contributed by atoms with E-state index in [2.05, 4.69) is 15.0 Å². The Hall–Kier alpha value is -3.03. The molecule has 0 saturated heterocycles. The lowest BCUT2D eigenvalue weighted by molar-refractivity contribution is 0.0600. The SMILES string of the molecule is COC(=O)c1ccc(N(C)C(=O)NCc2ccnc(C(F)F)c2)cc1. The summed E-state index contributed by atoms with van der Waals surface area (Å²) < 4.78 is 29.8. The highest BCUT2D eigenvalue weighted by Gasteiger charge is 2.13. The summed E-state index contributed by atoms with van der Waals surface area (Å²) in [6.45, 7) is 0.0889. The minimum absolute atomic E-state index is 0.0889. The molecule has 1 N–H and O–H groups in total. The maximum Gasteiger partial charge on any atom is 0.337 e. The number of esters is 1. The van der Waals surface area contributed by atoms with Crippen LogP contribution < -0.4 is 10.2 Å². The normalized spacial score (nSPS) is 10.4. The average molecular weight is 349 g/mol. The third-order valence-corrected chi connectivity index (χ3v) is 3.49. The number of nitrogens with one attached hydrogen (secondary N) is 1. The lowest BCUT2D eigenvalue weighted by atomic mass is 10.2. The monoisotopic (exact) mass is 349 g/mol. The van der Waals surface area contributed by atoms with E-state index in [1.165, 1.54) is 24.3 Å². The summed E-state index contributed by atoms with van der Waals surface area (Å²) in [4.78, 5) is 28.5. The molecule has 0 aliphatic heterocycles. The van der Waals surface area contributed by atoms with Gasteiger partial charge in [0.15, 0.2) is 0 Å². The molecule has 2 aromatic rings. The van der Waals surface area contributed by atoms with Crippen molar-refractivity contribution in [2.24, 2.45) is 0 Å². The Balaban J connectivity index is 1.98. The number of urea groups is 1. The van der Waals surface area contributed by atoms with E-state index in [9.17, 15) is 18.4 Å². The topological polar surface area (TPSA) is 71.5 Å². The Morgan fingerprint density at radius 2 is 1.92 bits per heavy atom. The van der Waals surface area contributed by atoms with E-state index in [-0.39, 0.29) is 12.2 Å². The number of benzene rings is 1. The molecule has 0 aliphatic carbocycles. The predicted octanol–water partition coefficient (Wildman–Crippen LogP) is 3.15. The quantitative estimate of drug-likeness (QED) is 0.842. The van der Waals surface area contributed by atoms with Gasteiger partial charge in [-0.2, -0.15) is 0 Å². The lowest BCUT2D eigenvalue weighted by Crippen LogP contribution is -2.36. The predicted molar refractivity (Wildman–Crippen MR) is 87.6 cm³/mol. The number of methoxy groups -OCH3 is 1. The largest absolute Gasteiger partial charge is 0.465 e. The van der Waals surface area contributed by atoms with Gasteiger partial charge in [0.1, 0.15) is 5.69 Å². The molecule has 1 heterocycles. The van der Waals surface area contributed by atoms with Crippen LogP contribution in [-0.4, -0.2) is 31.1 Å². The van der Waals surface area contributed by atoms with E-state index in [0.717, 1.165) is 0 Å². The number of pyridine rings is 1. The van der Waals surface area contributed by atoms with Gasteiger partial charge in [-0.1, -0.05) is 0 Å². The first kappa shape index (κ1) is 18.3. The summed E-state index contributed by atoms with van der Waals surface area (Å²) in [5.74, 6) is -0.467. The smallest absolute Gasteiger partial charge is 0.337 e. The fraction of sp³-hybridized carbons (Fsp3) is 0.235. The first-order valence-electron chi connectivity index (χ1n) is 7.35. The molecule has 1 aromatic heterocycles. The second-order valence-corrected chi connectivity index (χ2v) is 5.15. The molecular formula is C17H17F2N3O3. The molecule has 0 bridgehead atoms. The number of alkyl halides is 2. The second-order valence-electron chi connectivity index (χ2n) is 5.15. The fourth-order valence-electron chi connectivity index (χ4n) is 2.08. The van der Waals surface area contributed by atoms with E-state index < -0.39 is 18.4 Å². The number of hydrogen-bond acceptors (Lipinski definition) is 4. The maximum atomic E-state index is 12.6. The molecule has 25 heavy (non-hydrogen) atoms. The molecule has 6 nitrogen and oxygen atoms in total. The van der Waals surface area contributed by atoms with Crippen LogP contribution in [0.5, 0.6) is 0 Å². The van der Waals surface area contributed by atoms with Gasteiger partial charge in [-0.25, -0.2) is 18.4 Å². The van der Waals surface area contributed by atoms with Crippen molar-refractivity contribution in [2.75, 3.05) is 19.1 Å². The van der Waals surface area contributed by atoms with E-state index in [4.69, 9.17) is 0 Å². The Kier molecular flexibility index (Phi) is 5.99. The van der Waals surface area contributed by atoms with Gasteiger partial charge in [0.25, 0.3) is 6.43 Å². The van der Waals surface area contributed by atoms with Gasteiger partial charge in [0.05, 0.1) is 12.7 Å². The van der Waals surface area contributed by atoms with Gasteiger partial charge in [0, 0.05) is 25.5 Å². The highest BCUT2D eigenvalue weighted by Crippen LogP contribution is 2.17. The standard InChI is InChI=1S/C17H17F2N3O3/c1-22(13-5-3-12(4-6-13)16(23)25-2)17(24)21-10-11-7-8-20-14(9-11)15(18)19/h3-9,15H,10H2,1-2H3,(H,21,24). The van der Waals surface area contributed by atoms with Crippen LogP contribution in [0.4, 0.5) is 19.3 Å². The van der Waals surface area contributed by atoms with Crippen LogP contribution in [0.1, 0.15) is 28.0 Å². The molecule has 0 fully saturated rings. The van der Waals surface area contributed by atoms with Crippen LogP contribution in [0.25, 0.3) is 0 Å². The van der Waals surface area contributed by atoms with Gasteiger partial charge in [-0.15, -0.1) is 0 Å². The first-order chi connectivity index (χ1) is 11.9. The van der Waals surface area contributed by atoms with Crippen molar-refractivity contribution in [1.82, 2.24) is 10.3 Å². The molecule has 8 heteroatoms. The van der Waals surface area contributed by atoms with Gasteiger partial charge in [-0.3, -0.25) is 9.88 Å². The van der Waals surface area contributed by atoms with Gasteiger partial charge >= 0.3 is 12.0 Å². The summed E-state index contributed by atoms with van der Waals surface area (Å²) in [7, 11) is 2.84. The molecule has 0 radical (unpaired) electrons. The fourth-order valence-corrected chi connectivity index (χ4v) is 2.08. The zero-order chi connectivity index (χ0) is 18.4. The molecule has 2 amide bonds. The molecule has 132 valence electrons. The first-order valence-corrected chi connectivity index (χ1v) is 7.35. The maximum absolute atomic E-state index is 12.6. The summed E-state index contributed by atoms with van der Waals surface area (Å²) in [5.41, 5.74) is 1.12. The van der Waals surface area contributed by atoms with E-state index in [0.29, 0.717) is 16.8 Å². The molecule has 1 aromatic carbocycles. The summed E-state index contributed by atoms with van der Waals surface area (Å²) in [6.07, 6.45) is -1.38. The summed E-state index contributed by atoms with van der Waals surface area (Å²) >= 11 is 0. The zero-order valence-corrected chi connectivity index (χ0v) is 13.7. The van der Waals surface area contributed by atoms with Crippen LogP contribution in [0.3, 0.4) is 0 Å². The third kappa shape index (κ3) is 4.72. The molecule has 0 atom stereocenters. The zero-order valence-electron chi connectivity index (χ0n) is 13.7. The molecular weight excluding hydrogens is 332 g/mol. The number of rotatable bonds is 5. The van der Waals surface area contributed by atoms with Crippen molar-refractivity contribution in [2.45, 2.75) is 13.0 Å². The van der Waals surface area contributed by atoms with Crippen molar-refractivity contribution < 1.29 is 23.1 Å². The van der Waals surface area contributed by atoms with Crippen molar-refractivity contribution >= 4 is 17.7 Å². The number of nitrogens with zero attached hydrogens (tertiary/aromatic N) is 2. The second kappa shape index (κ2) is 8.18. The molecule has 2 rings (SSSR count). The number of aromatic nitrogens is 1. The van der Waals surface area contributed by atoms with Crippen LogP contribution in [-0.2, 0) is 11.3 Å². The van der Waals surface area contributed by atoms with E-state index in [1.54, 1.807) is 37.4 Å². The van der Waals surface area contributed by atoms with Crippen molar-refractivity contribution in [3.05, 3.63) is 59.4 Å². The number of carbonyl (C=O) groups is 2. The average Bonchev–Trinajstić information content (AvgIpc) is 2.65. The van der Waals surface area contributed by atoms with Gasteiger partial charge in [-0.05, 0) is 42.0 Å². The summed E-state index contributed by atoms with van der Waals surface area (Å²) in [6, 6.07) is 8.68. The summed E-state index contributed by atoms with van der Waals surface area (Å²) in [5, 5.41) is 2.63. The molecule has 0 aliphatic rings. The van der Waals surface area contributed by atoms with Crippen molar-refractivity contribution in [3.63, 3.8) is 0 Å². The highest BCUT2D eigenvalue weighted by atomic mass is 19.3. The van der Waals surface area contributed by atoms with E-state index in [1.807, 2.05) is 0 Å². The van der Waals surface area contributed by atoms with Gasteiger partial charge in [0.2, 0.25) is 0 Å². The van der Waals surface area contributed by atoms with Crippen LogP contribution in [0.15, 0.2) is 42.6 Å². The number of amides is 2. The number of carbonyl (C=O) groups excluding carboxylic acids is 2. The highest BCUT2D eigenvalue weighted by molar-refractivity contribution is 5.93. The molecule has 0 spiro atoms. The third-order valence-electron chi connectivity index (χ3n) is 3.49. The Morgan fingerprint density at radius 3 is 2.52 bits per heavy atom. The van der Waals surface area contributed by atoms with Gasteiger partial charge < -0.3 is 10.1 Å².